The number of aryl methyl sites for hydroxylation is 2. The second kappa shape index (κ2) is 13.8. The Kier molecular flexibility index (Phi) is 11.0. The third-order valence-corrected chi connectivity index (χ3v) is 8.94. The fourth-order valence-electron chi connectivity index (χ4n) is 7.13. The molecule has 1 fully saturated rings. The van der Waals surface area contributed by atoms with Crippen LogP contribution in [0.15, 0.2) is 55.1 Å². The minimum Gasteiger partial charge on any atom is -0.244 e. The van der Waals surface area contributed by atoms with Crippen LogP contribution in [-0.2, 0) is 12.8 Å². The molecular weight excluding hydrogens is 451 g/mol. The van der Waals surface area contributed by atoms with Gasteiger partial charge in [0.2, 0.25) is 0 Å². The van der Waals surface area contributed by atoms with Gasteiger partial charge >= 0.3 is 0 Å². The van der Waals surface area contributed by atoms with Gasteiger partial charge in [0.05, 0.1) is 0 Å². The summed E-state index contributed by atoms with van der Waals surface area (Å²) in [6, 6.07) is 18.1. The summed E-state index contributed by atoms with van der Waals surface area (Å²) in [4.78, 5) is 0. The van der Waals surface area contributed by atoms with Crippen molar-refractivity contribution in [3.05, 3.63) is 77.4 Å². The third-order valence-electron chi connectivity index (χ3n) is 8.94. The lowest BCUT2D eigenvalue weighted by Crippen LogP contribution is -2.33. The molecule has 0 heterocycles. The Morgan fingerprint density at radius 2 is 1.73 bits per heavy atom. The first-order valence-corrected chi connectivity index (χ1v) is 15.2. The molecule has 1 aliphatic carbocycles. The minimum absolute atomic E-state index is 0.464. The maximum Gasteiger partial charge on any atom is 0.105 e. The van der Waals surface area contributed by atoms with Crippen molar-refractivity contribution in [2.75, 3.05) is 0 Å². The zero-order valence-corrected chi connectivity index (χ0v) is 24.6. The molecule has 2 aromatic rings. The van der Waals surface area contributed by atoms with Gasteiger partial charge in [0.15, 0.2) is 0 Å². The maximum atomic E-state index is 14.1. The first kappa shape index (κ1) is 29.7. The summed E-state index contributed by atoms with van der Waals surface area (Å²) in [5, 5.41) is 0. The minimum atomic E-state index is -1.11. The Labute approximate surface area is 228 Å². The van der Waals surface area contributed by atoms with E-state index < -0.39 is 5.67 Å². The number of alkyl halides is 1. The lowest BCUT2D eigenvalue weighted by atomic mass is 9.59. The van der Waals surface area contributed by atoms with Crippen molar-refractivity contribution in [3.8, 4) is 0 Å². The molecule has 0 N–H and O–H groups in total. The summed E-state index contributed by atoms with van der Waals surface area (Å²) in [5.74, 6) is 1.56. The fourth-order valence-corrected chi connectivity index (χ4v) is 7.13. The van der Waals surface area contributed by atoms with Gasteiger partial charge in [-0.3, -0.25) is 0 Å². The monoisotopic (exact) mass is 504 g/mol. The molecule has 0 radical (unpaired) electrons. The van der Waals surface area contributed by atoms with Crippen LogP contribution < -0.4 is 0 Å². The Morgan fingerprint density at radius 1 is 0.973 bits per heavy atom. The normalized spacial score (nSPS) is 22.2. The van der Waals surface area contributed by atoms with Crippen LogP contribution in [0.2, 0.25) is 0 Å². The van der Waals surface area contributed by atoms with Gasteiger partial charge in [0.1, 0.15) is 5.67 Å². The van der Waals surface area contributed by atoms with Crippen LogP contribution in [0.1, 0.15) is 133 Å². The molecule has 1 aliphatic rings. The van der Waals surface area contributed by atoms with E-state index in [2.05, 4.69) is 75.9 Å². The van der Waals surface area contributed by atoms with Crippen LogP contribution in [0.25, 0.3) is 5.57 Å². The lowest BCUT2D eigenvalue weighted by Gasteiger charge is -2.45. The number of hydrogen-bond donors (Lipinski definition) is 0. The standard InChI is InChI=1S/C36H53F/c1-7-14-29-24-34(31-16-11-10-12-17-31)27-36(26-29,21-8-2)22-13-15-28(4)33-19-18-32(30(9-3)25-33)20-23-35(5,6)37/h10-12,16-19,25,29,34H,4,7-9,13-15,20-24,26-27H2,1-3,5-6H3. The molecule has 0 amide bonds. The number of benzene rings is 2. The summed E-state index contributed by atoms with van der Waals surface area (Å²) in [7, 11) is 0. The van der Waals surface area contributed by atoms with E-state index in [0.717, 1.165) is 25.2 Å². The van der Waals surface area contributed by atoms with Crippen molar-refractivity contribution in [1.82, 2.24) is 0 Å². The van der Waals surface area contributed by atoms with Gasteiger partial charge in [-0.25, -0.2) is 4.39 Å². The summed E-state index contributed by atoms with van der Waals surface area (Å²) in [6.07, 6.45) is 15.4. The predicted octanol–water partition coefficient (Wildman–Crippen LogP) is 11.3. The molecule has 0 spiro atoms. The average molecular weight is 505 g/mol. The van der Waals surface area contributed by atoms with Crippen LogP contribution in [0.3, 0.4) is 0 Å². The predicted molar refractivity (Wildman–Crippen MR) is 161 cm³/mol. The smallest absolute Gasteiger partial charge is 0.105 e. The first-order valence-electron chi connectivity index (χ1n) is 15.2. The number of hydrogen-bond acceptors (Lipinski definition) is 0. The Morgan fingerprint density at radius 3 is 2.38 bits per heavy atom. The number of halogens is 1. The second-order valence-corrected chi connectivity index (χ2v) is 12.7. The molecule has 3 unspecified atom stereocenters. The van der Waals surface area contributed by atoms with Crippen molar-refractivity contribution in [3.63, 3.8) is 0 Å². The molecule has 2 aromatic carbocycles. The highest BCUT2D eigenvalue weighted by Crippen LogP contribution is 2.53. The highest BCUT2D eigenvalue weighted by Gasteiger charge is 2.39. The van der Waals surface area contributed by atoms with E-state index in [1.54, 1.807) is 19.4 Å². The molecule has 1 heteroatoms. The van der Waals surface area contributed by atoms with Gasteiger partial charge in [0, 0.05) is 0 Å². The summed E-state index contributed by atoms with van der Waals surface area (Å²) < 4.78 is 14.1. The van der Waals surface area contributed by atoms with E-state index in [1.807, 2.05) is 0 Å². The molecule has 204 valence electrons. The van der Waals surface area contributed by atoms with Gasteiger partial charge in [0.25, 0.3) is 0 Å². The van der Waals surface area contributed by atoms with Crippen molar-refractivity contribution >= 4 is 5.57 Å². The van der Waals surface area contributed by atoms with Crippen LogP contribution in [0.5, 0.6) is 0 Å². The molecule has 0 bridgehead atoms. The summed E-state index contributed by atoms with van der Waals surface area (Å²) in [6.45, 7) is 14.8. The van der Waals surface area contributed by atoms with E-state index in [4.69, 9.17) is 0 Å². The molecule has 0 saturated heterocycles. The topological polar surface area (TPSA) is 0 Å². The highest BCUT2D eigenvalue weighted by molar-refractivity contribution is 5.64. The van der Waals surface area contributed by atoms with Gasteiger partial charge < -0.3 is 0 Å². The summed E-state index contributed by atoms with van der Waals surface area (Å²) in [5.41, 5.74) is 6.09. The van der Waals surface area contributed by atoms with Crippen molar-refractivity contribution in [1.29, 1.82) is 0 Å². The lowest BCUT2D eigenvalue weighted by molar-refractivity contribution is 0.0894. The number of allylic oxidation sites excluding steroid dienone is 1. The van der Waals surface area contributed by atoms with E-state index in [0.29, 0.717) is 17.8 Å². The van der Waals surface area contributed by atoms with Gasteiger partial charge in [-0.05, 0) is 123 Å². The quantitative estimate of drug-likeness (QED) is 0.240. The zero-order valence-electron chi connectivity index (χ0n) is 24.6. The van der Waals surface area contributed by atoms with E-state index in [1.165, 1.54) is 80.1 Å². The molecule has 37 heavy (non-hydrogen) atoms. The van der Waals surface area contributed by atoms with Crippen LogP contribution >= 0.6 is 0 Å². The third kappa shape index (κ3) is 8.83. The van der Waals surface area contributed by atoms with E-state index >= 15 is 0 Å². The van der Waals surface area contributed by atoms with Crippen molar-refractivity contribution < 1.29 is 4.39 Å². The Balaban J connectivity index is 1.68. The SMILES string of the molecule is C=C(CCCC1(CCC)CC(CCC)CC(c2ccccc2)C1)c1ccc(CCC(C)(C)F)c(CC)c1. The Hall–Kier alpha value is -1.89. The molecule has 0 aromatic heterocycles. The molecule has 0 nitrogen and oxygen atoms in total. The van der Waals surface area contributed by atoms with E-state index in [-0.39, 0.29) is 0 Å². The van der Waals surface area contributed by atoms with Crippen LogP contribution in [0, 0.1) is 11.3 Å². The maximum absolute atomic E-state index is 14.1. The molecule has 3 atom stereocenters. The fraction of sp³-hybridized carbons (Fsp3) is 0.611. The van der Waals surface area contributed by atoms with Gasteiger partial charge in [-0.2, -0.15) is 0 Å². The van der Waals surface area contributed by atoms with Crippen LogP contribution in [0.4, 0.5) is 4.39 Å². The molecular formula is C36H53F. The zero-order chi connectivity index (χ0) is 26.9. The van der Waals surface area contributed by atoms with Gasteiger partial charge in [-0.1, -0.05) is 95.1 Å². The molecule has 0 aliphatic heterocycles. The van der Waals surface area contributed by atoms with Gasteiger partial charge in [-0.15, -0.1) is 0 Å². The van der Waals surface area contributed by atoms with E-state index in [9.17, 15) is 4.39 Å². The largest absolute Gasteiger partial charge is 0.244 e. The number of rotatable bonds is 14. The van der Waals surface area contributed by atoms with Crippen molar-refractivity contribution in [2.24, 2.45) is 11.3 Å². The molecule has 1 saturated carbocycles. The van der Waals surface area contributed by atoms with Crippen LogP contribution in [-0.4, -0.2) is 5.67 Å². The summed E-state index contributed by atoms with van der Waals surface area (Å²) >= 11 is 0. The van der Waals surface area contributed by atoms with Crippen molar-refractivity contribution in [2.45, 2.75) is 130 Å². The highest BCUT2D eigenvalue weighted by atomic mass is 19.1. The molecule has 3 rings (SSSR count). The Bertz CT molecular complexity index is 966. The second-order valence-electron chi connectivity index (χ2n) is 12.7. The first-order chi connectivity index (χ1) is 17.7. The average Bonchev–Trinajstić information content (AvgIpc) is 2.87.